The summed E-state index contributed by atoms with van der Waals surface area (Å²) in [5.74, 6) is 0.842. The van der Waals surface area contributed by atoms with Crippen LogP contribution in [0.3, 0.4) is 0 Å². The molecule has 7 heteroatoms. The van der Waals surface area contributed by atoms with Crippen molar-refractivity contribution in [3.63, 3.8) is 0 Å². The summed E-state index contributed by atoms with van der Waals surface area (Å²) in [5, 5.41) is 6.07. The second-order valence-corrected chi connectivity index (χ2v) is 9.73. The zero-order valence-corrected chi connectivity index (χ0v) is 19.7. The fraction of sp³-hybridized carbons (Fsp3) is 0.429. The number of anilines is 4. The number of para-hydroxylation sites is 1. The van der Waals surface area contributed by atoms with E-state index in [0.29, 0.717) is 17.5 Å². The summed E-state index contributed by atoms with van der Waals surface area (Å²) in [7, 11) is 0. The van der Waals surface area contributed by atoms with Gasteiger partial charge >= 0.3 is 6.18 Å². The molecule has 2 saturated carbocycles. The van der Waals surface area contributed by atoms with Gasteiger partial charge in [-0.1, -0.05) is 62.4 Å². The van der Waals surface area contributed by atoms with Gasteiger partial charge < -0.3 is 10.6 Å². The lowest BCUT2D eigenvalue weighted by Gasteiger charge is -2.22. The molecule has 0 amide bonds. The van der Waals surface area contributed by atoms with Crippen molar-refractivity contribution in [1.82, 2.24) is 9.97 Å². The van der Waals surface area contributed by atoms with Crippen LogP contribution in [0.5, 0.6) is 0 Å². The minimum Gasteiger partial charge on any atom is -0.339 e. The van der Waals surface area contributed by atoms with E-state index >= 15 is 0 Å². The third-order valence-electron chi connectivity index (χ3n) is 7.35. The van der Waals surface area contributed by atoms with Crippen molar-refractivity contribution in [1.29, 1.82) is 0 Å². The van der Waals surface area contributed by atoms with Gasteiger partial charge in [0.05, 0.1) is 0 Å². The number of benzene rings is 2. The molecule has 2 aliphatic rings. The predicted octanol–water partition coefficient (Wildman–Crippen LogP) is 8.69. The highest BCUT2D eigenvalue weighted by Gasteiger charge is 2.35. The maximum Gasteiger partial charge on any atom is 0.421 e. The Labute approximate surface area is 204 Å². The Morgan fingerprint density at radius 3 is 2.11 bits per heavy atom. The molecular weight excluding hydrogens is 449 g/mol. The molecule has 3 aromatic rings. The van der Waals surface area contributed by atoms with E-state index in [1.54, 1.807) is 0 Å². The average molecular weight is 481 g/mol. The van der Waals surface area contributed by atoms with Crippen LogP contribution in [0, 0.1) is 0 Å². The van der Waals surface area contributed by atoms with Crippen LogP contribution < -0.4 is 10.6 Å². The molecule has 184 valence electrons. The SMILES string of the molecule is FC(F)(F)c1cnc(Nc2ccc(C3CCCCC3)cc2)nc1Nc1ccccc1C1CCCC1. The predicted molar refractivity (Wildman–Crippen MR) is 134 cm³/mol. The highest BCUT2D eigenvalue weighted by atomic mass is 19.4. The molecule has 2 N–H and O–H groups in total. The summed E-state index contributed by atoms with van der Waals surface area (Å²) in [5.41, 5.74) is 2.91. The fourth-order valence-corrected chi connectivity index (χ4v) is 5.48. The summed E-state index contributed by atoms with van der Waals surface area (Å²) in [4.78, 5) is 8.23. The van der Waals surface area contributed by atoms with Crippen LogP contribution in [0.2, 0.25) is 0 Å². The van der Waals surface area contributed by atoms with E-state index in [2.05, 4.69) is 32.7 Å². The number of aromatic nitrogens is 2. The van der Waals surface area contributed by atoms with E-state index in [4.69, 9.17) is 0 Å². The molecule has 2 aliphatic carbocycles. The van der Waals surface area contributed by atoms with E-state index in [1.807, 2.05) is 36.4 Å². The average Bonchev–Trinajstić information content (AvgIpc) is 3.40. The zero-order valence-electron chi connectivity index (χ0n) is 19.7. The third-order valence-corrected chi connectivity index (χ3v) is 7.35. The largest absolute Gasteiger partial charge is 0.421 e. The van der Waals surface area contributed by atoms with E-state index in [-0.39, 0.29) is 11.8 Å². The number of hydrogen-bond acceptors (Lipinski definition) is 4. The molecule has 2 fully saturated rings. The van der Waals surface area contributed by atoms with Crippen LogP contribution in [0.4, 0.5) is 36.3 Å². The minimum absolute atomic E-state index is 0.129. The van der Waals surface area contributed by atoms with Gasteiger partial charge in [0.1, 0.15) is 11.4 Å². The number of nitrogens with zero attached hydrogens (tertiary/aromatic N) is 2. The first-order valence-corrected chi connectivity index (χ1v) is 12.6. The lowest BCUT2D eigenvalue weighted by molar-refractivity contribution is -0.137. The van der Waals surface area contributed by atoms with Gasteiger partial charge in [-0.2, -0.15) is 18.2 Å². The second-order valence-electron chi connectivity index (χ2n) is 9.73. The molecule has 35 heavy (non-hydrogen) atoms. The number of hydrogen-bond donors (Lipinski definition) is 2. The standard InChI is InChI=1S/C28H31F3N4/c29-28(30,31)24-18-32-27(33-22-16-14-20(15-17-22)19-8-2-1-3-9-19)35-26(24)34-25-13-7-6-12-23(25)21-10-4-5-11-21/h6-7,12-19,21H,1-5,8-11H2,(H2,32,33,34,35). The normalized spacial score (nSPS) is 17.5. The molecule has 0 aliphatic heterocycles. The van der Waals surface area contributed by atoms with Crippen molar-refractivity contribution < 1.29 is 13.2 Å². The van der Waals surface area contributed by atoms with Crippen LogP contribution in [0.25, 0.3) is 0 Å². The molecule has 0 saturated heterocycles. The first kappa shape index (κ1) is 23.6. The molecule has 0 atom stereocenters. The number of nitrogens with one attached hydrogen (secondary N) is 2. The number of halogens is 3. The van der Waals surface area contributed by atoms with E-state index in [0.717, 1.165) is 43.1 Å². The maximum absolute atomic E-state index is 13.8. The van der Waals surface area contributed by atoms with Gasteiger partial charge in [0, 0.05) is 17.6 Å². The maximum atomic E-state index is 13.8. The van der Waals surface area contributed by atoms with Gasteiger partial charge in [0.15, 0.2) is 0 Å². The van der Waals surface area contributed by atoms with Crippen LogP contribution >= 0.6 is 0 Å². The minimum atomic E-state index is -4.56. The first-order chi connectivity index (χ1) is 17.0. The Morgan fingerprint density at radius 2 is 1.40 bits per heavy atom. The van der Waals surface area contributed by atoms with Gasteiger partial charge in [-0.3, -0.25) is 0 Å². The summed E-state index contributed by atoms with van der Waals surface area (Å²) >= 11 is 0. The molecular formula is C28H31F3N4. The Balaban J connectivity index is 1.39. The molecule has 0 unspecified atom stereocenters. The third kappa shape index (κ3) is 5.60. The molecule has 1 heterocycles. The quantitative estimate of drug-likeness (QED) is 0.370. The van der Waals surface area contributed by atoms with Gasteiger partial charge in [0.2, 0.25) is 5.95 Å². The monoisotopic (exact) mass is 480 g/mol. The molecule has 2 aromatic carbocycles. The van der Waals surface area contributed by atoms with Gasteiger partial charge in [-0.25, -0.2) is 4.98 Å². The van der Waals surface area contributed by atoms with Crippen molar-refractivity contribution >= 4 is 23.1 Å². The van der Waals surface area contributed by atoms with E-state index in [1.165, 1.54) is 37.7 Å². The Kier molecular flexibility index (Phi) is 6.93. The number of alkyl halides is 3. The van der Waals surface area contributed by atoms with Crippen molar-refractivity contribution in [2.45, 2.75) is 75.8 Å². The zero-order chi connectivity index (χ0) is 24.3. The van der Waals surface area contributed by atoms with Gasteiger partial charge in [-0.05, 0) is 66.8 Å². The Morgan fingerprint density at radius 1 is 0.743 bits per heavy atom. The Hall–Kier alpha value is -3.09. The van der Waals surface area contributed by atoms with E-state index < -0.39 is 11.7 Å². The number of rotatable bonds is 6. The topological polar surface area (TPSA) is 49.8 Å². The molecule has 5 rings (SSSR count). The van der Waals surface area contributed by atoms with Crippen molar-refractivity contribution in [3.05, 3.63) is 71.4 Å². The highest BCUT2D eigenvalue weighted by molar-refractivity contribution is 5.66. The van der Waals surface area contributed by atoms with Crippen LogP contribution in [0.15, 0.2) is 54.7 Å². The van der Waals surface area contributed by atoms with Crippen molar-refractivity contribution in [2.75, 3.05) is 10.6 Å². The summed E-state index contributed by atoms with van der Waals surface area (Å²) in [6, 6.07) is 15.7. The van der Waals surface area contributed by atoms with Crippen LogP contribution in [-0.4, -0.2) is 9.97 Å². The van der Waals surface area contributed by atoms with Crippen LogP contribution in [0.1, 0.15) is 86.3 Å². The molecule has 4 nitrogen and oxygen atoms in total. The highest BCUT2D eigenvalue weighted by Crippen LogP contribution is 2.40. The summed E-state index contributed by atoms with van der Waals surface area (Å²) in [6.07, 6.45) is 6.96. The van der Waals surface area contributed by atoms with Gasteiger partial charge in [0.25, 0.3) is 0 Å². The Bertz CT molecular complexity index is 1130. The van der Waals surface area contributed by atoms with Gasteiger partial charge in [-0.15, -0.1) is 0 Å². The lowest BCUT2D eigenvalue weighted by Crippen LogP contribution is -2.13. The summed E-state index contributed by atoms with van der Waals surface area (Å²) < 4.78 is 41.4. The summed E-state index contributed by atoms with van der Waals surface area (Å²) in [6.45, 7) is 0. The molecule has 0 radical (unpaired) electrons. The van der Waals surface area contributed by atoms with Crippen LogP contribution in [-0.2, 0) is 6.18 Å². The fourth-order valence-electron chi connectivity index (χ4n) is 5.48. The smallest absolute Gasteiger partial charge is 0.339 e. The first-order valence-electron chi connectivity index (χ1n) is 12.6. The van der Waals surface area contributed by atoms with Crippen molar-refractivity contribution in [3.8, 4) is 0 Å². The van der Waals surface area contributed by atoms with E-state index in [9.17, 15) is 13.2 Å². The molecule has 0 bridgehead atoms. The second kappa shape index (κ2) is 10.3. The molecule has 1 aromatic heterocycles. The lowest BCUT2D eigenvalue weighted by atomic mass is 9.84. The molecule has 0 spiro atoms. The van der Waals surface area contributed by atoms with Crippen molar-refractivity contribution in [2.24, 2.45) is 0 Å².